The maximum Gasteiger partial charge on any atom is 0.194 e. The van der Waals surface area contributed by atoms with E-state index in [2.05, 4.69) is 6.92 Å². The van der Waals surface area contributed by atoms with E-state index in [0.717, 1.165) is 18.4 Å². The molecule has 0 fully saturated rings. The van der Waals surface area contributed by atoms with E-state index < -0.39 is 0 Å². The van der Waals surface area contributed by atoms with Crippen molar-refractivity contribution in [3.63, 3.8) is 0 Å². The van der Waals surface area contributed by atoms with Gasteiger partial charge in [-0.25, -0.2) is 0 Å². The zero-order valence-corrected chi connectivity index (χ0v) is 15.0. The first-order valence-corrected chi connectivity index (χ1v) is 9.54. The summed E-state index contributed by atoms with van der Waals surface area (Å²) in [6, 6.07) is 12.9. The minimum Gasteiger partial charge on any atom is -0.289 e. The molecule has 1 aliphatic rings. The van der Waals surface area contributed by atoms with Crippen LogP contribution in [0, 0.1) is 0 Å². The van der Waals surface area contributed by atoms with Gasteiger partial charge in [-0.1, -0.05) is 87.9 Å². The van der Waals surface area contributed by atoms with E-state index in [4.69, 9.17) is 0 Å². The van der Waals surface area contributed by atoms with Gasteiger partial charge in [0.25, 0.3) is 0 Å². The second-order valence-electron chi connectivity index (χ2n) is 6.91. The summed E-state index contributed by atoms with van der Waals surface area (Å²) in [5, 5.41) is 0. The smallest absolute Gasteiger partial charge is 0.194 e. The number of benzene rings is 2. The predicted molar refractivity (Wildman–Crippen MR) is 101 cm³/mol. The third-order valence-corrected chi connectivity index (χ3v) is 5.09. The zero-order chi connectivity index (χ0) is 17.6. The number of hydrogen-bond donors (Lipinski definition) is 0. The molecule has 0 saturated heterocycles. The van der Waals surface area contributed by atoms with Crippen LogP contribution in [0.15, 0.2) is 42.5 Å². The predicted octanol–water partition coefficient (Wildman–Crippen LogP) is 5.76. The number of unbranched alkanes of at least 4 members (excludes halogenated alkanes) is 6. The number of carbonyl (C=O) groups is 2. The van der Waals surface area contributed by atoms with Crippen molar-refractivity contribution in [3.05, 3.63) is 70.3 Å². The van der Waals surface area contributed by atoms with Gasteiger partial charge in [-0.05, 0) is 18.4 Å². The molecular weight excluding hydrogens is 308 g/mol. The van der Waals surface area contributed by atoms with Gasteiger partial charge in [-0.2, -0.15) is 0 Å². The van der Waals surface area contributed by atoms with Gasteiger partial charge in [-0.15, -0.1) is 0 Å². The maximum absolute atomic E-state index is 12.9. The molecule has 0 spiro atoms. The summed E-state index contributed by atoms with van der Waals surface area (Å²) < 4.78 is 0. The number of hydrogen-bond acceptors (Lipinski definition) is 2. The highest BCUT2D eigenvalue weighted by atomic mass is 16.1. The van der Waals surface area contributed by atoms with Crippen LogP contribution in [-0.4, -0.2) is 11.6 Å². The molecular formula is C23H26O2. The highest BCUT2D eigenvalue weighted by molar-refractivity contribution is 6.28. The molecule has 0 bridgehead atoms. The molecule has 0 aromatic heterocycles. The van der Waals surface area contributed by atoms with E-state index in [1.165, 1.54) is 38.5 Å². The molecule has 2 aromatic rings. The molecule has 0 N–H and O–H groups in total. The van der Waals surface area contributed by atoms with Crippen molar-refractivity contribution in [1.82, 2.24) is 0 Å². The topological polar surface area (TPSA) is 34.1 Å². The first-order chi connectivity index (χ1) is 12.2. The fraction of sp³-hybridized carbons (Fsp3) is 0.391. The quantitative estimate of drug-likeness (QED) is 0.491. The highest BCUT2D eigenvalue weighted by Crippen LogP contribution is 2.30. The first-order valence-electron chi connectivity index (χ1n) is 9.54. The van der Waals surface area contributed by atoms with Crippen molar-refractivity contribution >= 4 is 11.6 Å². The van der Waals surface area contributed by atoms with E-state index >= 15 is 0 Å². The van der Waals surface area contributed by atoms with Gasteiger partial charge >= 0.3 is 0 Å². The Bertz CT molecular complexity index is 773. The molecule has 3 rings (SSSR count). The van der Waals surface area contributed by atoms with Crippen LogP contribution < -0.4 is 0 Å². The van der Waals surface area contributed by atoms with Crippen molar-refractivity contribution in [2.24, 2.45) is 0 Å². The molecule has 0 radical (unpaired) electrons. The Morgan fingerprint density at radius 3 is 1.96 bits per heavy atom. The fourth-order valence-corrected chi connectivity index (χ4v) is 3.70. The van der Waals surface area contributed by atoms with Crippen LogP contribution in [0.2, 0.25) is 0 Å². The number of aryl methyl sites for hydroxylation is 1. The zero-order valence-electron chi connectivity index (χ0n) is 15.0. The Morgan fingerprint density at radius 2 is 1.24 bits per heavy atom. The molecule has 2 aromatic carbocycles. The van der Waals surface area contributed by atoms with Crippen molar-refractivity contribution < 1.29 is 9.59 Å². The van der Waals surface area contributed by atoms with Crippen molar-refractivity contribution in [1.29, 1.82) is 0 Å². The summed E-state index contributed by atoms with van der Waals surface area (Å²) in [5.41, 5.74) is 3.32. The molecule has 2 nitrogen and oxygen atoms in total. The Balaban J connectivity index is 1.72. The van der Waals surface area contributed by atoms with Gasteiger partial charge in [0.05, 0.1) is 0 Å². The highest BCUT2D eigenvalue weighted by Gasteiger charge is 2.30. The molecule has 0 atom stereocenters. The minimum absolute atomic E-state index is 0.00347. The number of carbonyl (C=O) groups excluding carboxylic acids is 2. The van der Waals surface area contributed by atoms with Crippen LogP contribution in [0.3, 0.4) is 0 Å². The summed E-state index contributed by atoms with van der Waals surface area (Å²) in [6.45, 7) is 2.23. The largest absolute Gasteiger partial charge is 0.289 e. The van der Waals surface area contributed by atoms with Crippen molar-refractivity contribution in [2.45, 2.75) is 58.3 Å². The fourth-order valence-electron chi connectivity index (χ4n) is 3.70. The lowest BCUT2D eigenvalue weighted by Crippen LogP contribution is -2.22. The van der Waals surface area contributed by atoms with Crippen molar-refractivity contribution in [3.8, 4) is 0 Å². The lowest BCUT2D eigenvalue weighted by Gasteiger charge is -2.20. The average Bonchev–Trinajstić information content (AvgIpc) is 2.65. The summed E-state index contributed by atoms with van der Waals surface area (Å²) in [7, 11) is 0. The molecule has 0 amide bonds. The van der Waals surface area contributed by atoms with Gasteiger partial charge in [0, 0.05) is 22.3 Å². The van der Waals surface area contributed by atoms with Gasteiger partial charge in [0.15, 0.2) is 11.6 Å². The molecule has 25 heavy (non-hydrogen) atoms. The van der Waals surface area contributed by atoms with E-state index in [1.807, 2.05) is 24.3 Å². The summed E-state index contributed by atoms with van der Waals surface area (Å²) in [5.74, 6) is -0.0182. The summed E-state index contributed by atoms with van der Waals surface area (Å²) in [6.07, 6.45) is 9.60. The lowest BCUT2D eigenvalue weighted by molar-refractivity contribution is 0.0978. The third-order valence-electron chi connectivity index (χ3n) is 5.09. The van der Waals surface area contributed by atoms with E-state index in [1.54, 1.807) is 18.2 Å². The minimum atomic E-state index is -0.0217. The Kier molecular flexibility index (Phi) is 5.80. The molecule has 2 heteroatoms. The summed E-state index contributed by atoms with van der Waals surface area (Å²) >= 11 is 0. The van der Waals surface area contributed by atoms with Crippen LogP contribution in [0.4, 0.5) is 0 Å². The monoisotopic (exact) mass is 334 g/mol. The third kappa shape index (κ3) is 3.73. The van der Waals surface area contributed by atoms with Gasteiger partial charge in [0.2, 0.25) is 0 Å². The van der Waals surface area contributed by atoms with Crippen LogP contribution in [-0.2, 0) is 6.42 Å². The number of ketones is 2. The van der Waals surface area contributed by atoms with Crippen LogP contribution in [0.1, 0.15) is 89.3 Å². The number of rotatable bonds is 8. The van der Waals surface area contributed by atoms with Crippen molar-refractivity contribution in [2.75, 3.05) is 0 Å². The average molecular weight is 334 g/mol. The van der Waals surface area contributed by atoms with E-state index in [0.29, 0.717) is 22.3 Å². The van der Waals surface area contributed by atoms with E-state index in [9.17, 15) is 9.59 Å². The number of fused-ring (bicyclic) bond motifs is 2. The second kappa shape index (κ2) is 8.24. The van der Waals surface area contributed by atoms with Crippen LogP contribution in [0.25, 0.3) is 0 Å². The molecule has 130 valence electrons. The normalized spacial score (nSPS) is 12.8. The second-order valence-corrected chi connectivity index (χ2v) is 6.91. The van der Waals surface area contributed by atoms with Crippen LogP contribution in [0.5, 0.6) is 0 Å². The molecule has 0 unspecified atom stereocenters. The van der Waals surface area contributed by atoms with Crippen LogP contribution >= 0.6 is 0 Å². The molecule has 0 heterocycles. The van der Waals surface area contributed by atoms with Gasteiger partial charge in [-0.3, -0.25) is 9.59 Å². The summed E-state index contributed by atoms with van der Waals surface area (Å²) in [4.78, 5) is 25.7. The van der Waals surface area contributed by atoms with Gasteiger partial charge < -0.3 is 0 Å². The first kappa shape index (κ1) is 17.6. The standard InChI is InChI=1S/C23H26O2/c1-2-3-4-5-6-7-8-12-17-13-11-16-20-21(17)23(25)19-15-10-9-14-18(19)22(20)24/h9-11,13-16H,2-8,12H2,1H3. The lowest BCUT2D eigenvalue weighted by atomic mass is 9.81. The Labute approximate surface area is 150 Å². The Morgan fingerprint density at radius 1 is 0.640 bits per heavy atom. The molecule has 1 aliphatic carbocycles. The molecule has 0 aliphatic heterocycles. The van der Waals surface area contributed by atoms with Gasteiger partial charge in [0.1, 0.15) is 0 Å². The molecule has 0 saturated carbocycles. The SMILES string of the molecule is CCCCCCCCCc1cccc2c1C(=O)c1ccccc1C2=O. The van der Waals surface area contributed by atoms with E-state index in [-0.39, 0.29) is 11.6 Å². The maximum atomic E-state index is 12.9. The Hall–Kier alpha value is -2.22.